The lowest BCUT2D eigenvalue weighted by Gasteiger charge is -2.38. The van der Waals surface area contributed by atoms with E-state index in [0.29, 0.717) is 5.57 Å². The van der Waals surface area contributed by atoms with Gasteiger partial charge in [0.15, 0.2) is 0 Å². The van der Waals surface area contributed by atoms with Gasteiger partial charge in [-0.3, -0.25) is 0 Å². The maximum Gasteiger partial charge on any atom is 0.331 e. The second-order valence-corrected chi connectivity index (χ2v) is 7.63. The molecule has 23 heavy (non-hydrogen) atoms. The van der Waals surface area contributed by atoms with Crippen molar-refractivity contribution >= 4 is 5.97 Å². The minimum absolute atomic E-state index is 0.261. The summed E-state index contributed by atoms with van der Waals surface area (Å²) in [5.74, 6) is 2.28. The molecule has 2 nitrogen and oxygen atoms in total. The molecule has 0 aliphatic heterocycles. The van der Waals surface area contributed by atoms with Crippen LogP contribution >= 0.6 is 0 Å². The second-order valence-electron chi connectivity index (χ2n) is 7.63. The summed E-state index contributed by atoms with van der Waals surface area (Å²) in [6, 6.07) is 0. The molecule has 1 N–H and O–H groups in total. The number of allylic oxidation sites excluding steroid dienone is 3. The van der Waals surface area contributed by atoms with Gasteiger partial charge in [0.05, 0.1) is 0 Å². The van der Waals surface area contributed by atoms with Crippen LogP contribution < -0.4 is 0 Å². The Morgan fingerprint density at radius 1 is 1.00 bits per heavy atom. The number of hydrogen-bond donors (Lipinski definition) is 1. The molecule has 0 atom stereocenters. The lowest BCUT2D eigenvalue weighted by atomic mass is 9.68. The summed E-state index contributed by atoms with van der Waals surface area (Å²) >= 11 is 0. The zero-order chi connectivity index (χ0) is 16.7. The van der Waals surface area contributed by atoms with E-state index in [1.54, 1.807) is 0 Å². The summed E-state index contributed by atoms with van der Waals surface area (Å²) in [6.07, 6.45) is 18.6. The van der Waals surface area contributed by atoms with E-state index in [4.69, 9.17) is 0 Å². The van der Waals surface area contributed by atoms with Crippen LogP contribution in [0.5, 0.6) is 0 Å². The Morgan fingerprint density at radius 2 is 1.57 bits per heavy atom. The summed E-state index contributed by atoms with van der Waals surface area (Å²) in [6.45, 7) is 4.23. The third kappa shape index (κ3) is 5.22. The quantitative estimate of drug-likeness (QED) is 0.482. The monoisotopic (exact) mass is 318 g/mol. The fourth-order valence-electron chi connectivity index (χ4n) is 4.84. The van der Waals surface area contributed by atoms with Crippen LogP contribution in [0.3, 0.4) is 0 Å². The molecule has 2 saturated carbocycles. The van der Waals surface area contributed by atoms with Crippen molar-refractivity contribution in [3.63, 3.8) is 0 Å². The van der Waals surface area contributed by atoms with Crippen molar-refractivity contribution < 1.29 is 9.90 Å². The smallest absolute Gasteiger partial charge is 0.331 e. The van der Waals surface area contributed by atoms with E-state index in [9.17, 15) is 9.90 Å². The molecule has 2 heteroatoms. The van der Waals surface area contributed by atoms with Gasteiger partial charge in [0.1, 0.15) is 0 Å². The first kappa shape index (κ1) is 18.3. The molecule has 0 spiro atoms. The molecule has 0 unspecified atom stereocenters. The first-order chi connectivity index (χ1) is 11.2. The van der Waals surface area contributed by atoms with Gasteiger partial charge in [0.2, 0.25) is 0 Å². The molecule has 0 amide bonds. The molecule has 0 radical (unpaired) electrons. The van der Waals surface area contributed by atoms with Gasteiger partial charge in [0.25, 0.3) is 0 Å². The third-order valence-corrected chi connectivity index (χ3v) is 6.18. The maximum absolute atomic E-state index is 11.5. The normalized spacial score (nSPS) is 33.0. The maximum atomic E-state index is 11.5. The predicted molar refractivity (Wildman–Crippen MR) is 96.3 cm³/mol. The molecule has 2 aliphatic rings. The zero-order valence-corrected chi connectivity index (χ0v) is 15.0. The van der Waals surface area contributed by atoms with Crippen LogP contribution in [0.25, 0.3) is 0 Å². The molecule has 2 fully saturated rings. The van der Waals surface area contributed by atoms with Crippen molar-refractivity contribution in [3.05, 3.63) is 23.8 Å². The van der Waals surface area contributed by atoms with E-state index >= 15 is 0 Å². The predicted octanol–water partition coefficient (Wildman–Crippen LogP) is 5.99. The number of aliphatic carboxylic acids is 1. The Morgan fingerprint density at radius 3 is 2.04 bits per heavy atom. The highest BCUT2D eigenvalue weighted by Crippen LogP contribution is 2.43. The fourth-order valence-corrected chi connectivity index (χ4v) is 4.84. The van der Waals surface area contributed by atoms with Crippen LogP contribution in [-0.4, -0.2) is 11.1 Å². The van der Waals surface area contributed by atoms with E-state index in [0.717, 1.165) is 30.6 Å². The Hall–Kier alpha value is -1.05. The fraction of sp³-hybridized carbons (Fsp3) is 0.762. The first-order valence-electron chi connectivity index (χ1n) is 9.71. The Kier molecular flexibility index (Phi) is 7.39. The minimum Gasteiger partial charge on any atom is -0.478 e. The SMILES string of the molecule is CC=CC=C(C(=O)O)[C@H]1CC[C@H]([C@H]2CC[C@H](CCC)CC2)CC1. The number of carboxylic acids is 1. The van der Waals surface area contributed by atoms with E-state index < -0.39 is 5.97 Å². The lowest BCUT2D eigenvalue weighted by Crippen LogP contribution is -2.27. The first-order valence-corrected chi connectivity index (χ1v) is 9.71. The zero-order valence-electron chi connectivity index (χ0n) is 15.0. The van der Waals surface area contributed by atoms with Gasteiger partial charge >= 0.3 is 5.97 Å². The standard InChI is InChI=1S/C21H34O2/c1-3-5-7-20(21(22)23)19-14-12-18(13-15-19)17-10-8-16(6-4-2)9-11-17/h3,5,7,16-19H,4,6,8-15H2,1-2H3,(H,22,23)/t16-,17-,18-,19-. The molecule has 0 heterocycles. The molecule has 0 saturated heterocycles. The van der Waals surface area contributed by atoms with Crippen molar-refractivity contribution in [2.24, 2.45) is 23.7 Å². The number of carbonyl (C=O) groups is 1. The van der Waals surface area contributed by atoms with Gasteiger partial charge in [0, 0.05) is 5.57 Å². The summed E-state index contributed by atoms with van der Waals surface area (Å²) in [7, 11) is 0. The van der Waals surface area contributed by atoms with Crippen LogP contribution in [0.15, 0.2) is 23.8 Å². The molecule has 0 aromatic rings. The average molecular weight is 319 g/mol. The summed E-state index contributed by atoms with van der Waals surface area (Å²) in [4.78, 5) is 11.5. The van der Waals surface area contributed by atoms with Gasteiger partial charge in [-0.15, -0.1) is 0 Å². The molecule has 0 aromatic carbocycles. The lowest BCUT2D eigenvalue weighted by molar-refractivity contribution is -0.133. The number of rotatable bonds is 6. The van der Waals surface area contributed by atoms with Crippen LogP contribution in [0.2, 0.25) is 0 Å². The van der Waals surface area contributed by atoms with E-state index in [-0.39, 0.29) is 5.92 Å². The van der Waals surface area contributed by atoms with Gasteiger partial charge in [-0.05, 0) is 69.1 Å². The highest BCUT2D eigenvalue weighted by molar-refractivity contribution is 5.87. The van der Waals surface area contributed by atoms with Crippen LogP contribution in [0.4, 0.5) is 0 Å². The van der Waals surface area contributed by atoms with Crippen LogP contribution in [0, 0.1) is 23.7 Å². The molecule has 130 valence electrons. The van der Waals surface area contributed by atoms with Crippen molar-refractivity contribution in [1.29, 1.82) is 0 Å². The number of hydrogen-bond acceptors (Lipinski definition) is 1. The third-order valence-electron chi connectivity index (χ3n) is 6.18. The minimum atomic E-state index is -0.730. The van der Waals surface area contributed by atoms with Gasteiger partial charge in [-0.2, -0.15) is 0 Å². The Bertz CT molecular complexity index is 419. The van der Waals surface area contributed by atoms with E-state index in [1.165, 1.54) is 51.4 Å². The summed E-state index contributed by atoms with van der Waals surface area (Å²) in [5, 5.41) is 9.44. The highest BCUT2D eigenvalue weighted by Gasteiger charge is 2.32. The molecule has 0 bridgehead atoms. The van der Waals surface area contributed by atoms with Gasteiger partial charge in [-0.25, -0.2) is 4.79 Å². The topological polar surface area (TPSA) is 37.3 Å². The molecular formula is C21H34O2. The van der Waals surface area contributed by atoms with Crippen molar-refractivity contribution in [2.45, 2.75) is 78.1 Å². The second kappa shape index (κ2) is 9.30. The largest absolute Gasteiger partial charge is 0.478 e. The van der Waals surface area contributed by atoms with E-state index in [2.05, 4.69) is 6.92 Å². The summed E-state index contributed by atoms with van der Waals surface area (Å²) in [5.41, 5.74) is 0.619. The van der Waals surface area contributed by atoms with Crippen molar-refractivity contribution in [1.82, 2.24) is 0 Å². The Labute approximate surface area is 142 Å². The summed E-state index contributed by atoms with van der Waals surface area (Å²) < 4.78 is 0. The molecule has 2 aliphatic carbocycles. The average Bonchev–Trinajstić information content (AvgIpc) is 2.57. The molecule has 2 rings (SSSR count). The van der Waals surface area contributed by atoms with Crippen molar-refractivity contribution in [2.75, 3.05) is 0 Å². The van der Waals surface area contributed by atoms with Crippen molar-refractivity contribution in [3.8, 4) is 0 Å². The highest BCUT2D eigenvalue weighted by atomic mass is 16.4. The van der Waals surface area contributed by atoms with Gasteiger partial charge in [-0.1, -0.05) is 50.8 Å². The van der Waals surface area contributed by atoms with Gasteiger partial charge < -0.3 is 5.11 Å². The van der Waals surface area contributed by atoms with E-state index in [1.807, 2.05) is 25.2 Å². The van der Waals surface area contributed by atoms with Crippen LogP contribution in [-0.2, 0) is 4.79 Å². The number of carboxylic acid groups (broad SMARTS) is 1. The molecular weight excluding hydrogens is 284 g/mol. The van der Waals surface area contributed by atoms with Crippen LogP contribution in [0.1, 0.15) is 78.1 Å². The Balaban J connectivity index is 1.83. The molecule has 0 aromatic heterocycles.